The number of urea groups is 1. The van der Waals surface area contributed by atoms with Gasteiger partial charge in [-0.2, -0.15) is 4.99 Å². The summed E-state index contributed by atoms with van der Waals surface area (Å²) in [6.07, 6.45) is 0.523. The first kappa shape index (κ1) is 6.92. The Balaban J connectivity index is 2.89. The molecular formula is C6H8N2O2. The molecule has 54 valence electrons. The molecule has 0 aromatic heterocycles. The minimum atomic E-state index is -0.457. The van der Waals surface area contributed by atoms with Gasteiger partial charge in [0.15, 0.2) is 0 Å². The zero-order valence-electron chi connectivity index (χ0n) is 5.92. The van der Waals surface area contributed by atoms with Crippen LogP contribution in [0, 0.1) is 0 Å². The van der Waals surface area contributed by atoms with Gasteiger partial charge in [0.1, 0.15) is 5.71 Å². The molecule has 0 bridgehead atoms. The normalized spacial score (nSPS) is 18.2. The first-order chi connectivity index (χ1) is 4.66. The van der Waals surface area contributed by atoms with Crippen molar-refractivity contribution in [3.05, 3.63) is 0 Å². The van der Waals surface area contributed by atoms with E-state index in [9.17, 15) is 9.59 Å². The second-order valence-electron chi connectivity index (χ2n) is 2.06. The molecule has 4 heteroatoms. The average molecular weight is 140 g/mol. The summed E-state index contributed by atoms with van der Waals surface area (Å²) in [5.74, 6) is -0.271. The lowest BCUT2D eigenvalue weighted by atomic mass is 10.3. The van der Waals surface area contributed by atoms with Crippen molar-refractivity contribution < 1.29 is 9.59 Å². The molecule has 0 aromatic rings. The maximum atomic E-state index is 10.9. The molecule has 0 spiro atoms. The summed E-state index contributed by atoms with van der Waals surface area (Å²) in [4.78, 5) is 26.1. The van der Waals surface area contributed by atoms with Gasteiger partial charge in [0.05, 0.1) is 0 Å². The molecule has 0 N–H and O–H groups in total. The topological polar surface area (TPSA) is 49.7 Å². The Morgan fingerprint density at radius 2 is 2.10 bits per heavy atom. The Labute approximate surface area is 58.5 Å². The highest BCUT2D eigenvalue weighted by Gasteiger charge is 2.27. The van der Waals surface area contributed by atoms with Crippen molar-refractivity contribution >= 4 is 17.6 Å². The Morgan fingerprint density at radius 1 is 1.50 bits per heavy atom. The second kappa shape index (κ2) is 2.21. The van der Waals surface area contributed by atoms with E-state index < -0.39 is 6.03 Å². The summed E-state index contributed by atoms with van der Waals surface area (Å²) < 4.78 is 0. The number of carbonyl (C=O) groups excluding carboxylic acids is 2. The van der Waals surface area contributed by atoms with Gasteiger partial charge in [0.2, 0.25) is 0 Å². The largest absolute Gasteiger partial charge is 0.350 e. The van der Waals surface area contributed by atoms with Crippen LogP contribution in [-0.4, -0.2) is 29.6 Å². The van der Waals surface area contributed by atoms with Gasteiger partial charge in [-0.15, -0.1) is 0 Å². The maximum Gasteiger partial charge on any atom is 0.350 e. The SMILES string of the molecule is CCC1=NC(=O)N(C)C1=O. The third-order valence-electron chi connectivity index (χ3n) is 1.40. The van der Waals surface area contributed by atoms with Crippen LogP contribution in [0.15, 0.2) is 4.99 Å². The molecule has 3 amide bonds. The summed E-state index contributed by atoms with van der Waals surface area (Å²) in [5.41, 5.74) is 0.354. The highest BCUT2D eigenvalue weighted by Crippen LogP contribution is 2.04. The molecule has 0 fully saturated rings. The predicted octanol–water partition coefficient (Wildman–Crippen LogP) is 0.429. The van der Waals surface area contributed by atoms with Crippen LogP contribution in [0.4, 0.5) is 4.79 Å². The van der Waals surface area contributed by atoms with Crippen molar-refractivity contribution in [2.45, 2.75) is 13.3 Å². The van der Waals surface area contributed by atoms with Crippen molar-refractivity contribution in [2.75, 3.05) is 7.05 Å². The molecule has 4 nitrogen and oxygen atoms in total. The first-order valence-corrected chi connectivity index (χ1v) is 3.06. The summed E-state index contributed by atoms with van der Waals surface area (Å²) in [6, 6.07) is -0.457. The fourth-order valence-electron chi connectivity index (χ4n) is 0.749. The van der Waals surface area contributed by atoms with E-state index in [1.165, 1.54) is 7.05 Å². The van der Waals surface area contributed by atoms with E-state index in [0.29, 0.717) is 12.1 Å². The smallest absolute Gasteiger partial charge is 0.267 e. The summed E-state index contributed by atoms with van der Waals surface area (Å²) in [5, 5.41) is 0. The van der Waals surface area contributed by atoms with Gasteiger partial charge in [-0.1, -0.05) is 6.92 Å². The fourth-order valence-corrected chi connectivity index (χ4v) is 0.749. The van der Waals surface area contributed by atoms with Crippen LogP contribution in [0.1, 0.15) is 13.3 Å². The fraction of sp³-hybridized carbons (Fsp3) is 0.500. The van der Waals surface area contributed by atoms with Crippen molar-refractivity contribution in [2.24, 2.45) is 4.99 Å². The molecular weight excluding hydrogens is 132 g/mol. The molecule has 1 aliphatic heterocycles. The number of aliphatic imine (C=N–C) groups is 1. The van der Waals surface area contributed by atoms with E-state index >= 15 is 0 Å². The highest BCUT2D eigenvalue weighted by molar-refractivity contribution is 6.45. The minimum Gasteiger partial charge on any atom is -0.267 e. The third-order valence-corrected chi connectivity index (χ3v) is 1.40. The standard InChI is InChI=1S/C6H8N2O2/c1-3-4-5(9)8(2)6(10)7-4/h3H2,1-2H3. The van der Waals surface area contributed by atoms with E-state index in [1.807, 2.05) is 0 Å². The van der Waals surface area contributed by atoms with Gasteiger partial charge in [0.25, 0.3) is 5.91 Å². The Kier molecular flexibility index (Phi) is 1.53. The lowest BCUT2D eigenvalue weighted by Crippen LogP contribution is -2.27. The zero-order chi connectivity index (χ0) is 7.72. The molecule has 0 atom stereocenters. The van der Waals surface area contributed by atoms with Crippen molar-refractivity contribution in [1.82, 2.24) is 4.90 Å². The molecule has 10 heavy (non-hydrogen) atoms. The zero-order valence-corrected chi connectivity index (χ0v) is 5.92. The van der Waals surface area contributed by atoms with E-state index in [-0.39, 0.29) is 5.91 Å². The number of imide groups is 1. The molecule has 0 radical (unpaired) electrons. The number of hydrogen-bond donors (Lipinski definition) is 0. The summed E-state index contributed by atoms with van der Waals surface area (Å²) in [7, 11) is 1.43. The van der Waals surface area contributed by atoms with Crippen LogP contribution in [0.3, 0.4) is 0 Å². The van der Waals surface area contributed by atoms with Crippen LogP contribution in [-0.2, 0) is 4.79 Å². The minimum absolute atomic E-state index is 0.271. The van der Waals surface area contributed by atoms with Crippen LogP contribution >= 0.6 is 0 Å². The highest BCUT2D eigenvalue weighted by atomic mass is 16.2. The quantitative estimate of drug-likeness (QED) is 0.530. The van der Waals surface area contributed by atoms with E-state index in [2.05, 4.69) is 4.99 Å². The number of rotatable bonds is 1. The molecule has 0 saturated carbocycles. The average Bonchev–Trinajstić information content (AvgIpc) is 2.17. The first-order valence-electron chi connectivity index (χ1n) is 3.06. The van der Waals surface area contributed by atoms with E-state index in [0.717, 1.165) is 4.90 Å². The molecule has 0 saturated heterocycles. The number of hydrogen-bond acceptors (Lipinski definition) is 2. The maximum absolute atomic E-state index is 10.9. The van der Waals surface area contributed by atoms with Gasteiger partial charge in [0, 0.05) is 7.05 Å². The van der Waals surface area contributed by atoms with Crippen molar-refractivity contribution in [1.29, 1.82) is 0 Å². The number of nitrogens with zero attached hydrogens (tertiary/aromatic N) is 2. The predicted molar refractivity (Wildman–Crippen MR) is 35.9 cm³/mol. The van der Waals surface area contributed by atoms with E-state index in [4.69, 9.17) is 0 Å². The second-order valence-corrected chi connectivity index (χ2v) is 2.06. The van der Waals surface area contributed by atoms with E-state index in [1.54, 1.807) is 6.92 Å². The van der Waals surface area contributed by atoms with Crippen molar-refractivity contribution in [3.63, 3.8) is 0 Å². The Bertz CT molecular complexity index is 220. The van der Waals surface area contributed by atoms with Gasteiger partial charge in [-0.3, -0.25) is 9.69 Å². The summed E-state index contributed by atoms with van der Waals surface area (Å²) in [6.45, 7) is 1.79. The van der Waals surface area contributed by atoms with Crippen LogP contribution in [0.2, 0.25) is 0 Å². The van der Waals surface area contributed by atoms with Gasteiger partial charge in [-0.25, -0.2) is 4.79 Å². The van der Waals surface area contributed by atoms with Gasteiger partial charge >= 0.3 is 6.03 Å². The van der Waals surface area contributed by atoms with Gasteiger partial charge < -0.3 is 0 Å². The molecule has 1 rings (SSSR count). The molecule has 0 unspecified atom stereocenters. The van der Waals surface area contributed by atoms with Crippen LogP contribution < -0.4 is 0 Å². The molecule has 1 aliphatic rings. The van der Waals surface area contributed by atoms with Gasteiger partial charge in [-0.05, 0) is 6.42 Å². The van der Waals surface area contributed by atoms with Crippen LogP contribution in [0.25, 0.3) is 0 Å². The third kappa shape index (κ3) is 0.814. The lowest BCUT2D eigenvalue weighted by molar-refractivity contribution is -0.119. The van der Waals surface area contributed by atoms with Crippen molar-refractivity contribution in [3.8, 4) is 0 Å². The number of carbonyl (C=O) groups is 2. The summed E-state index contributed by atoms with van der Waals surface area (Å²) >= 11 is 0. The van der Waals surface area contributed by atoms with Crippen LogP contribution in [0.5, 0.6) is 0 Å². The lowest BCUT2D eigenvalue weighted by Gasteiger charge is -2.01. The molecule has 0 aromatic carbocycles. The Hall–Kier alpha value is -1.19. The molecule has 0 aliphatic carbocycles. The number of amides is 3. The molecule has 1 heterocycles. The monoisotopic (exact) mass is 140 g/mol. The Morgan fingerprint density at radius 3 is 2.30 bits per heavy atom.